The second kappa shape index (κ2) is 5.19. The third kappa shape index (κ3) is 2.17. The Labute approximate surface area is 119 Å². The molecule has 1 atom stereocenters. The minimum atomic E-state index is 0.359. The molecule has 0 spiro atoms. The number of hydrogen-bond acceptors (Lipinski definition) is 4. The fourth-order valence-electron chi connectivity index (χ4n) is 2.43. The maximum atomic E-state index is 5.69. The number of nitrogens with zero attached hydrogens (tertiary/aromatic N) is 3. The van der Waals surface area contributed by atoms with Crippen molar-refractivity contribution < 1.29 is 4.74 Å². The van der Waals surface area contributed by atoms with Crippen LogP contribution in [-0.2, 0) is 10.1 Å². The van der Waals surface area contributed by atoms with Crippen molar-refractivity contribution in [2.24, 2.45) is 0 Å². The predicted octanol–water partition coefficient (Wildman–Crippen LogP) is 2.91. The first kappa shape index (κ1) is 12.4. The van der Waals surface area contributed by atoms with Gasteiger partial charge < -0.3 is 9.64 Å². The summed E-state index contributed by atoms with van der Waals surface area (Å²) in [6.07, 6.45) is 4.78. The van der Waals surface area contributed by atoms with Crippen molar-refractivity contribution in [1.82, 2.24) is 9.38 Å². The van der Waals surface area contributed by atoms with Gasteiger partial charge in [0.2, 0.25) is 0 Å². The zero-order chi connectivity index (χ0) is 12.5. The van der Waals surface area contributed by atoms with Crippen molar-refractivity contribution in [3.63, 3.8) is 0 Å². The maximum absolute atomic E-state index is 5.69. The molecule has 2 aromatic rings. The normalized spacial score (nSPS) is 19.8. The fraction of sp³-hybridized carbons (Fsp3) is 0.583. The van der Waals surface area contributed by atoms with E-state index in [0.29, 0.717) is 6.10 Å². The van der Waals surface area contributed by atoms with Crippen LogP contribution in [0.15, 0.2) is 11.6 Å². The summed E-state index contributed by atoms with van der Waals surface area (Å²) in [5.74, 6) is 1.06. The maximum Gasteiger partial charge on any atom is 0.195 e. The molecule has 0 radical (unpaired) electrons. The van der Waals surface area contributed by atoms with Gasteiger partial charge in [0, 0.05) is 37.1 Å². The highest BCUT2D eigenvalue weighted by atomic mass is 79.9. The number of alkyl halides is 1. The third-order valence-corrected chi connectivity index (χ3v) is 4.62. The molecule has 1 saturated heterocycles. The van der Waals surface area contributed by atoms with Crippen LogP contribution in [0.3, 0.4) is 0 Å². The largest absolute Gasteiger partial charge is 0.376 e. The number of likely N-dealkylation sites (N-methyl/N-ethyl adjacent to an activating group) is 1. The summed E-state index contributed by atoms with van der Waals surface area (Å²) in [6, 6.07) is 0. The van der Waals surface area contributed by atoms with Gasteiger partial charge in [-0.05, 0) is 12.8 Å². The molecule has 1 fully saturated rings. The van der Waals surface area contributed by atoms with Crippen LogP contribution in [0.5, 0.6) is 0 Å². The first-order valence-electron chi connectivity index (χ1n) is 6.12. The molecule has 0 aliphatic carbocycles. The second-order valence-corrected chi connectivity index (χ2v) is 6.02. The number of halogens is 1. The lowest BCUT2D eigenvalue weighted by Crippen LogP contribution is -2.29. The number of rotatable bonds is 4. The summed E-state index contributed by atoms with van der Waals surface area (Å²) in [5.41, 5.74) is 1.21. The van der Waals surface area contributed by atoms with Crippen LogP contribution in [0.4, 0.5) is 5.82 Å². The summed E-state index contributed by atoms with van der Waals surface area (Å²) >= 11 is 5.23. The number of anilines is 1. The van der Waals surface area contributed by atoms with Crippen molar-refractivity contribution in [3.8, 4) is 0 Å². The highest BCUT2D eigenvalue weighted by Crippen LogP contribution is 2.26. The van der Waals surface area contributed by atoms with Crippen LogP contribution >= 0.6 is 27.3 Å². The molecule has 4 nitrogen and oxygen atoms in total. The van der Waals surface area contributed by atoms with Crippen LogP contribution in [0, 0.1) is 0 Å². The van der Waals surface area contributed by atoms with Gasteiger partial charge in [-0.3, -0.25) is 4.40 Å². The highest BCUT2D eigenvalue weighted by molar-refractivity contribution is 9.08. The minimum absolute atomic E-state index is 0.359. The van der Waals surface area contributed by atoms with Gasteiger partial charge in [0.15, 0.2) is 10.8 Å². The van der Waals surface area contributed by atoms with Crippen LogP contribution in [0.2, 0.25) is 0 Å². The SMILES string of the molecule is CN(CC1CCCO1)c1nc2sccn2c1CBr. The topological polar surface area (TPSA) is 29.8 Å². The van der Waals surface area contributed by atoms with E-state index in [4.69, 9.17) is 9.72 Å². The lowest BCUT2D eigenvalue weighted by molar-refractivity contribution is 0.116. The van der Waals surface area contributed by atoms with Crippen LogP contribution in [0.1, 0.15) is 18.5 Å². The molecule has 98 valence electrons. The number of imidazole rings is 1. The Morgan fingerprint density at radius 1 is 1.67 bits per heavy atom. The van der Waals surface area contributed by atoms with Crippen molar-refractivity contribution in [2.45, 2.75) is 24.3 Å². The number of aromatic nitrogens is 2. The van der Waals surface area contributed by atoms with Crippen molar-refractivity contribution in [3.05, 3.63) is 17.3 Å². The monoisotopic (exact) mass is 329 g/mol. The smallest absolute Gasteiger partial charge is 0.195 e. The van der Waals surface area contributed by atoms with Gasteiger partial charge in [0.05, 0.1) is 11.8 Å². The Balaban J connectivity index is 1.85. The minimum Gasteiger partial charge on any atom is -0.376 e. The Kier molecular flexibility index (Phi) is 3.59. The molecule has 0 amide bonds. The Morgan fingerprint density at radius 2 is 2.56 bits per heavy atom. The highest BCUT2D eigenvalue weighted by Gasteiger charge is 2.21. The zero-order valence-electron chi connectivity index (χ0n) is 10.3. The van der Waals surface area contributed by atoms with Gasteiger partial charge in [-0.2, -0.15) is 0 Å². The Morgan fingerprint density at radius 3 is 3.28 bits per heavy atom. The third-order valence-electron chi connectivity index (χ3n) is 3.33. The molecule has 6 heteroatoms. The molecule has 1 unspecified atom stereocenters. The van der Waals surface area contributed by atoms with E-state index in [9.17, 15) is 0 Å². The average molecular weight is 330 g/mol. The molecule has 1 aliphatic heterocycles. The van der Waals surface area contributed by atoms with E-state index >= 15 is 0 Å². The van der Waals surface area contributed by atoms with E-state index in [1.165, 1.54) is 12.1 Å². The van der Waals surface area contributed by atoms with Crippen LogP contribution < -0.4 is 4.90 Å². The number of hydrogen-bond donors (Lipinski definition) is 0. The molecule has 0 saturated carbocycles. The molecular formula is C12H16BrN3OS. The summed E-state index contributed by atoms with van der Waals surface area (Å²) in [5, 5.41) is 2.88. The lowest BCUT2D eigenvalue weighted by Gasteiger charge is -2.21. The van der Waals surface area contributed by atoms with Gasteiger partial charge in [-0.1, -0.05) is 15.9 Å². The first-order valence-corrected chi connectivity index (χ1v) is 8.13. The van der Waals surface area contributed by atoms with Crippen LogP contribution in [0.25, 0.3) is 4.96 Å². The first-order chi connectivity index (χ1) is 8.79. The van der Waals surface area contributed by atoms with E-state index < -0.39 is 0 Å². The van der Waals surface area contributed by atoms with Crippen molar-refractivity contribution in [1.29, 1.82) is 0 Å². The number of thiazole rings is 1. The quantitative estimate of drug-likeness (QED) is 0.808. The Bertz CT molecular complexity index is 532. The molecule has 0 bridgehead atoms. The van der Waals surface area contributed by atoms with E-state index in [2.05, 4.69) is 43.9 Å². The fourth-order valence-corrected chi connectivity index (χ4v) is 3.68. The van der Waals surface area contributed by atoms with Gasteiger partial charge in [0.25, 0.3) is 0 Å². The van der Waals surface area contributed by atoms with Crippen LogP contribution in [-0.4, -0.2) is 35.7 Å². The molecule has 18 heavy (non-hydrogen) atoms. The van der Waals surface area contributed by atoms with Gasteiger partial charge in [-0.25, -0.2) is 4.98 Å². The van der Waals surface area contributed by atoms with E-state index in [-0.39, 0.29) is 0 Å². The molecule has 2 aromatic heterocycles. The summed E-state index contributed by atoms with van der Waals surface area (Å²) < 4.78 is 7.84. The lowest BCUT2D eigenvalue weighted by atomic mass is 10.2. The average Bonchev–Trinajstić information content (AvgIpc) is 3.03. The molecule has 0 aromatic carbocycles. The van der Waals surface area contributed by atoms with E-state index in [1.54, 1.807) is 11.3 Å². The van der Waals surface area contributed by atoms with Crippen molar-refractivity contribution >= 4 is 38.0 Å². The van der Waals surface area contributed by atoms with Crippen molar-refractivity contribution in [2.75, 3.05) is 25.1 Å². The molecule has 3 rings (SSSR count). The summed E-state index contributed by atoms with van der Waals surface area (Å²) in [4.78, 5) is 7.98. The van der Waals surface area contributed by atoms with E-state index in [0.717, 1.165) is 35.7 Å². The predicted molar refractivity (Wildman–Crippen MR) is 77.9 cm³/mol. The molecule has 1 aliphatic rings. The summed E-state index contributed by atoms with van der Waals surface area (Å²) in [6.45, 7) is 1.83. The molecule has 0 N–H and O–H groups in total. The number of fused-ring (bicyclic) bond motifs is 1. The zero-order valence-corrected chi connectivity index (χ0v) is 12.7. The standard InChI is InChI=1S/C12H16BrN3OS/c1-15(8-9-3-2-5-17-9)11-10(7-13)16-4-6-18-12(16)14-11/h4,6,9H,2-3,5,7-8H2,1H3. The molecular weight excluding hydrogens is 314 g/mol. The van der Waals surface area contributed by atoms with Gasteiger partial charge in [0.1, 0.15) is 0 Å². The van der Waals surface area contributed by atoms with Gasteiger partial charge in [-0.15, -0.1) is 11.3 Å². The Hall–Kier alpha value is -0.590. The second-order valence-electron chi connectivity index (χ2n) is 4.59. The molecule has 3 heterocycles. The van der Waals surface area contributed by atoms with Gasteiger partial charge >= 0.3 is 0 Å². The van der Waals surface area contributed by atoms with E-state index in [1.807, 2.05) is 0 Å². The summed E-state index contributed by atoms with van der Waals surface area (Å²) in [7, 11) is 2.10. The number of ether oxygens (including phenoxy) is 1.